The molecule has 3 heteroatoms. The van der Waals surface area contributed by atoms with Gasteiger partial charge >= 0.3 is 0 Å². The Balaban J connectivity index is 2.12. The van der Waals surface area contributed by atoms with E-state index in [1.54, 1.807) is 0 Å². The summed E-state index contributed by atoms with van der Waals surface area (Å²) in [6.45, 7) is 4.42. The fourth-order valence-corrected chi connectivity index (χ4v) is 2.97. The van der Waals surface area contributed by atoms with E-state index in [4.69, 9.17) is 5.73 Å². The van der Waals surface area contributed by atoms with Crippen molar-refractivity contribution < 1.29 is 0 Å². The van der Waals surface area contributed by atoms with E-state index < -0.39 is 0 Å². The third kappa shape index (κ3) is 2.71. The van der Waals surface area contributed by atoms with Crippen molar-refractivity contribution in [3.05, 3.63) is 18.0 Å². The molecule has 0 radical (unpaired) electrons. The predicted octanol–water partition coefficient (Wildman–Crippen LogP) is 3.43. The molecule has 1 aliphatic carbocycles. The van der Waals surface area contributed by atoms with Crippen molar-refractivity contribution >= 4 is 0 Å². The molecule has 3 unspecified atom stereocenters. The largest absolute Gasteiger partial charge is 0.324 e. The van der Waals surface area contributed by atoms with Gasteiger partial charge in [0.15, 0.2) is 0 Å². The lowest BCUT2D eigenvalue weighted by Gasteiger charge is -2.31. The molecule has 0 bridgehead atoms. The molecule has 17 heavy (non-hydrogen) atoms. The highest BCUT2D eigenvalue weighted by Gasteiger charge is 2.25. The summed E-state index contributed by atoms with van der Waals surface area (Å²) in [5.74, 6) is 0.800. The fraction of sp³-hybridized carbons (Fsp3) is 0.786. The Bertz CT molecular complexity index is 345. The second kappa shape index (κ2) is 5.67. The van der Waals surface area contributed by atoms with Crippen LogP contribution in [0.4, 0.5) is 0 Å². The Kier molecular flexibility index (Phi) is 4.21. The molecule has 1 saturated carbocycles. The van der Waals surface area contributed by atoms with Crippen molar-refractivity contribution in [3.63, 3.8) is 0 Å². The van der Waals surface area contributed by atoms with Crippen LogP contribution in [0.2, 0.25) is 0 Å². The van der Waals surface area contributed by atoms with Gasteiger partial charge < -0.3 is 5.73 Å². The summed E-state index contributed by atoms with van der Waals surface area (Å²) in [7, 11) is 0. The maximum atomic E-state index is 6.05. The van der Waals surface area contributed by atoms with Crippen molar-refractivity contribution in [1.29, 1.82) is 0 Å². The number of nitrogens with two attached hydrogens (primary N) is 1. The molecule has 96 valence electrons. The first kappa shape index (κ1) is 12.6. The highest BCUT2D eigenvalue weighted by atomic mass is 15.3. The van der Waals surface area contributed by atoms with E-state index in [1.165, 1.54) is 37.7 Å². The van der Waals surface area contributed by atoms with Crippen molar-refractivity contribution in [2.45, 2.75) is 64.5 Å². The summed E-state index contributed by atoms with van der Waals surface area (Å²) >= 11 is 0. The van der Waals surface area contributed by atoms with Gasteiger partial charge in [0.05, 0.1) is 12.2 Å². The smallest absolute Gasteiger partial charge is 0.0547 e. The Hall–Kier alpha value is -0.830. The van der Waals surface area contributed by atoms with E-state index in [-0.39, 0.29) is 6.04 Å². The van der Waals surface area contributed by atoms with Crippen LogP contribution in [0.3, 0.4) is 0 Å². The van der Waals surface area contributed by atoms with Crippen molar-refractivity contribution in [2.24, 2.45) is 11.7 Å². The molecule has 1 aliphatic rings. The van der Waals surface area contributed by atoms with Gasteiger partial charge in [0.25, 0.3) is 0 Å². The SMILES string of the molecule is CCC(N)c1cnn(C2CCCCC2CC)c1. The number of aromatic nitrogens is 2. The third-order valence-corrected chi connectivity index (χ3v) is 4.22. The third-order valence-electron chi connectivity index (χ3n) is 4.22. The van der Waals surface area contributed by atoms with Gasteiger partial charge in [-0.25, -0.2) is 0 Å². The molecule has 2 N–H and O–H groups in total. The molecule has 2 rings (SSSR count). The highest BCUT2D eigenvalue weighted by molar-refractivity contribution is 5.10. The molecule has 3 nitrogen and oxygen atoms in total. The summed E-state index contributed by atoms with van der Waals surface area (Å²) in [4.78, 5) is 0. The molecule has 1 fully saturated rings. The fourth-order valence-electron chi connectivity index (χ4n) is 2.97. The first-order valence-corrected chi connectivity index (χ1v) is 7.05. The van der Waals surface area contributed by atoms with Gasteiger partial charge in [0, 0.05) is 17.8 Å². The summed E-state index contributed by atoms with van der Waals surface area (Å²) in [5, 5.41) is 4.54. The zero-order chi connectivity index (χ0) is 12.3. The lowest BCUT2D eigenvalue weighted by molar-refractivity contribution is 0.217. The average Bonchev–Trinajstić information content (AvgIpc) is 2.87. The van der Waals surface area contributed by atoms with Gasteiger partial charge in [-0.15, -0.1) is 0 Å². The minimum absolute atomic E-state index is 0.146. The second-order valence-electron chi connectivity index (χ2n) is 5.29. The molecule has 0 amide bonds. The quantitative estimate of drug-likeness (QED) is 0.868. The standard InChI is InChI=1S/C14H25N3/c1-3-11-7-5-6-8-14(11)17-10-12(9-16-17)13(15)4-2/h9-11,13-14H,3-8,15H2,1-2H3. The van der Waals surface area contributed by atoms with Gasteiger partial charge in [-0.3, -0.25) is 4.68 Å². The Morgan fingerprint density at radius 2 is 2.18 bits per heavy atom. The van der Waals surface area contributed by atoms with Gasteiger partial charge in [-0.1, -0.05) is 33.1 Å². The van der Waals surface area contributed by atoms with E-state index in [2.05, 4.69) is 29.8 Å². The van der Waals surface area contributed by atoms with Crippen molar-refractivity contribution in [1.82, 2.24) is 9.78 Å². The van der Waals surface area contributed by atoms with Crippen LogP contribution >= 0.6 is 0 Å². The van der Waals surface area contributed by atoms with Crippen LogP contribution in [0.1, 0.15) is 70.0 Å². The number of nitrogens with zero attached hydrogens (tertiary/aromatic N) is 2. The molecule has 1 aromatic rings. The normalized spacial score (nSPS) is 27.0. The Morgan fingerprint density at radius 3 is 2.88 bits per heavy atom. The van der Waals surface area contributed by atoms with E-state index >= 15 is 0 Å². The van der Waals surface area contributed by atoms with Gasteiger partial charge in [0.2, 0.25) is 0 Å². The molecule has 0 aromatic carbocycles. The van der Waals surface area contributed by atoms with Crippen LogP contribution in [-0.4, -0.2) is 9.78 Å². The topological polar surface area (TPSA) is 43.8 Å². The van der Waals surface area contributed by atoms with E-state index in [0.29, 0.717) is 6.04 Å². The second-order valence-corrected chi connectivity index (χ2v) is 5.29. The molecule has 0 aliphatic heterocycles. The molecule has 1 aromatic heterocycles. The van der Waals surface area contributed by atoms with E-state index in [9.17, 15) is 0 Å². The monoisotopic (exact) mass is 235 g/mol. The maximum absolute atomic E-state index is 6.05. The minimum atomic E-state index is 0.146. The lowest BCUT2D eigenvalue weighted by Crippen LogP contribution is -2.23. The van der Waals surface area contributed by atoms with E-state index in [1.807, 2.05) is 6.20 Å². The maximum Gasteiger partial charge on any atom is 0.0547 e. The van der Waals surface area contributed by atoms with Crippen LogP contribution < -0.4 is 5.73 Å². The summed E-state index contributed by atoms with van der Waals surface area (Å²) in [6.07, 6.45) is 11.7. The number of hydrogen-bond acceptors (Lipinski definition) is 2. The van der Waals surface area contributed by atoms with Crippen LogP contribution in [0, 0.1) is 5.92 Å². The molecule has 0 saturated heterocycles. The first-order valence-electron chi connectivity index (χ1n) is 7.05. The minimum Gasteiger partial charge on any atom is -0.324 e. The highest BCUT2D eigenvalue weighted by Crippen LogP contribution is 2.35. The molecular weight excluding hydrogens is 210 g/mol. The van der Waals surface area contributed by atoms with Crippen molar-refractivity contribution in [2.75, 3.05) is 0 Å². The summed E-state index contributed by atoms with van der Waals surface area (Å²) < 4.78 is 2.18. The predicted molar refractivity (Wildman–Crippen MR) is 70.7 cm³/mol. The lowest BCUT2D eigenvalue weighted by atomic mass is 9.83. The average molecular weight is 235 g/mol. The van der Waals surface area contributed by atoms with Gasteiger partial charge in [0.1, 0.15) is 0 Å². The summed E-state index contributed by atoms with van der Waals surface area (Å²) in [6, 6.07) is 0.749. The Morgan fingerprint density at radius 1 is 1.41 bits per heavy atom. The molecule has 3 atom stereocenters. The van der Waals surface area contributed by atoms with Crippen LogP contribution in [0.15, 0.2) is 12.4 Å². The molecule has 0 spiro atoms. The van der Waals surface area contributed by atoms with E-state index in [0.717, 1.165) is 12.3 Å². The zero-order valence-corrected chi connectivity index (χ0v) is 11.1. The number of hydrogen-bond donors (Lipinski definition) is 1. The van der Waals surface area contributed by atoms with Gasteiger partial charge in [-0.2, -0.15) is 5.10 Å². The van der Waals surface area contributed by atoms with Gasteiger partial charge in [-0.05, 0) is 25.2 Å². The molecular formula is C14H25N3. The van der Waals surface area contributed by atoms with Crippen LogP contribution in [0.25, 0.3) is 0 Å². The summed E-state index contributed by atoms with van der Waals surface area (Å²) in [5.41, 5.74) is 7.24. The zero-order valence-electron chi connectivity index (χ0n) is 11.1. The van der Waals surface area contributed by atoms with Crippen LogP contribution in [0.5, 0.6) is 0 Å². The molecule has 1 heterocycles. The van der Waals surface area contributed by atoms with Crippen molar-refractivity contribution in [3.8, 4) is 0 Å². The Labute approximate surface area is 104 Å². The first-order chi connectivity index (χ1) is 8.26. The van der Waals surface area contributed by atoms with Crippen LogP contribution in [-0.2, 0) is 0 Å². The number of rotatable bonds is 4.